The third-order valence-electron chi connectivity index (χ3n) is 4.05. The molecule has 1 aromatic heterocycles. The largest absolute Gasteiger partial charge is 0.542 e. The van der Waals surface area contributed by atoms with Gasteiger partial charge in [-0.15, -0.1) is 0 Å². The van der Waals surface area contributed by atoms with Crippen LogP contribution in [0.3, 0.4) is 0 Å². The Morgan fingerprint density at radius 3 is 2.38 bits per heavy atom. The van der Waals surface area contributed by atoms with Crippen molar-refractivity contribution in [2.24, 2.45) is 0 Å². The molecule has 0 spiro atoms. The maximum atomic E-state index is 13.8. The van der Waals surface area contributed by atoms with Gasteiger partial charge < -0.3 is 9.41 Å². The first-order valence-electron chi connectivity index (χ1n) is 6.93. The molecule has 1 heterocycles. The molecule has 0 amide bonds. The van der Waals surface area contributed by atoms with Crippen molar-refractivity contribution >= 4 is 8.32 Å². The molecular weight excluding hydrogens is 288 g/mol. The van der Waals surface area contributed by atoms with Crippen LogP contribution in [0.1, 0.15) is 20.8 Å². The van der Waals surface area contributed by atoms with Gasteiger partial charge in [0.15, 0.2) is 0 Å². The normalized spacial score (nSPS) is 12.5. The van der Waals surface area contributed by atoms with E-state index in [4.69, 9.17) is 4.43 Å². The van der Waals surface area contributed by atoms with Crippen molar-refractivity contribution in [2.45, 2.75) is 38.9 Å². The zero-order valence-corrected chi connectivity index (χ0v) is 14.1. The molecule has 0 aliphatic heterocycles. The quantitative estimate of drug-likeness (QED) is 0.760. The highest BCUT2D eigenvalue weighted by Crippen LogP contribution is 2.38. The zero-order valence-electron chi connectivity index (χ0n) is 13.1. The number of H-pyrrole nitrogens is 1. The monoisotopic (exact) mass is 309 g/mol. The summed E-state index contributed by atoms with van der Waals surface area (Å²) in [6, 6.07) is 5.13. The van der Waals surface area contributed by atoms with Crippen molar-refractivity contribution in [1.29, 1.82) is 0 Å². The molecule has 2 rings (SSSR count). The zero-order chi connectivity index (χ0) is 15.8. The Bertz CT molecular complexity index is 644. The van der Waals surface area contributed by atoms with Gasteiger partial charge in [0, 0.05) is 17.8 Å². The number of benzene rings is 1. The van der Waals surface area contributed by atoms with Crippen molar-refractivity contribution < 1.29 is 13.2 Å². The molecule has 1 aromatic carbocycles. The molecular formula is C16H21F2NOSi. The van der Waals surface area contributed by atoms with Crippen LogP contribution in [0, 0.1) is 11.6 Å². The van der Waals surface area contributed by atoms with E-state index >= 15 is 0 Å². The summed E-state index contributed by atoms with van der Waals surface area (Å²) in [6.45, 7) is 10.7. The lowest BCUT2D eigenvalue weighted by atomic mass is 10.1. The molecule has 2 aromatic rings. The molecule has 0 fully saturated rings. The molecule has 0 aliphatic carbocycles. The Kier molecular flexibility index (Phi) is 3.97. The standard InChI is InChI=1S/C16H21F2NOSi/c1-16(2,3)21(4,5)20-12-9-15(19-10-12)13-8-11(17)6-7-14(13)18/h6-10,19H,1-5H3. The van der Waals surface area contributed by atoms with Crippen LogP contribution in [0.4, 0.5) is 8.78 Å². The molecule has 5 heteroatoms. The number of hydrogen-bond acceptors (Lipinski definition) is 1. The maximum Gasteiger partial charge on any atom is 0.250 e. The fraction of sp³-hybridized carbons (Fsp3) is 0.375. The minimum Gasteiger partial charge on any atom is -0.542 e. The first kappa shape index (κ1) is 15.8. The van der Waals surface area contributed by atoms with Gasteiger partial charge in [0.25, 0.3) is 8.32 Å². The summed E-state index contributed by atoms with van der Waals surface area (Å²) < 4.78 is 33.2. The van der Waals surface area contributed by atoms with Gasteiger partial charge in [0.05, 0.1) is 5.69 Å². The summed E-state index contributed by atoms with van der Waals surface area (Å²) in [6.07, 6.45) is 1.69. The number of aromatic amines is 1. The van der Waals surface area contributed by atoms with Crippen LogP contribution in [-0.2, 0) is 0 Å². The van der Waals surface area contributed by atoms with Gasteiger partial charge in [0.2, 0.25) is 0 Å². The average molecular weight is 309 g/mol. The fourth-order valence-corrected chi connectivity index (χ4v) is 2.75. The van der Waals surface area contributed by atoms with E-state index in [0.29, 0.717) is 11.4 Å². The fourth-order valence-electron chi connectivity index (χ4n) is 1.74. The van der Waals surface area contributed by atoms with Crippen LogP contribution in [0.15, 0.2) is 30.5 Å². The molecule has 0 radical (unpaired) electrons. The summed E-state index contributed by atoms with van der Waals surface area (Å²) in [5.74, 6) is -0.259. The van der Waals surface area contributed by atoms with Gasteiger partial charge in [-0.1, -0.05) is 20.8 Å². The predicted molar refractivity (Wildman–Crippen MR) is 84.0 cm³/mol. The van der Waals surface area contributed by atoms with E-state index in [-0.39, 0.29) is 10.6 Å². The number of nitrogens with one attached hydrogen (secondary N) is 1. The second-order valence-electron chi connectivity index (χ2n) is 6.74. The van der Waals surface area contributed by atoms with Crippen LogP contribution < -0.4 is 4.43 Å². The van der Waals surface area contributed by atoms with E-state index < -0.39 is 20.0 Å². The molecule has 2 nitrogen and oxygen atoms in total. The molecule has 0 saturated carbocycles. The molecule has 0 aliphatic rings. The smallest absolute Gasteiger partial charge is 0.250 e. The van der Waals surface area contributed by atoms with E-state index in [1.807, 2.05) is 0 Å². The van der Waals surface area contributed by atoms with Crippen LogP contribution in [0.5, 0.6) is 5.75 Å². The molecule has 114 valence electrons. The van der Waals surface area contributed by atoms with Gasteiger partial charge >= 0.3 is 0 Å². The van der Waals surface area contributed by atoms with E-state index in [1.54, 1.807) is 12.3 Å². The SMILES string of the molecule is CC(C)(C)[Si](C)(C)Oc1c[nH]c(-c2cc(F)ccc2F)c1. The van der Waals surface area contributed by atoms with E-state index in [0.717, 1.165) is 12.1 Å². The van der Waals surface area contributed by atoms with Crippen molar-refractivity contribution in [3.63, 3.8) is 0 Å². The Hall–Kier alpha value is -1.62. The lowest BCUT2D eigenvalue weighted by Gasteiger charge is -2.36. The number of hydrogen-bond donors (Lipinski definition) is 1. The Morgan fingerprint density at radius 2 is 1.76 bits per heavy atom. The summed E-state index contributed by atoms with van der Waals surface area (Å²) in [5.41, 5.74) is 0.723. The Labute approximate surface area is 125 Å². The van der Waals surface area contributed by atoms with Crippen LogP contribution >= 0.6 is 0 Å². The van der Waals surface area contributed by atoms with Crippen molar-refractivity contribution in [3.05, 3.63) is 42.1 Å². The lowest BCUT2D eigenvalue weighted by Crippen LogP contribution is -2.43. The minimum absolute atomic E-state index is 0.0779. The molecule has 0 saturated heterocycles. The highest BCUT2D eigenvalue weighted by atomic mass is 28.4. The first-order chi connectivity index (χ1) is 9.60. The number of halogens is 2. The summed E-state index contributed by atoms with van der Waals surface area (Å²) >= 11 is 0. The summed E-state index contributed by atoms with van der Waals surface area (Å²) in [7, 11) is -1.95. The van der Waals surface area contributed by atoms with Gasteiger partial charge in [-0.05, 0) is 36.3 Å². The second-order valence-corrected chi connectivity index (χ2v) is 11.5. The van der Waals surface area contributed by atoms with Crippen LogP contribution in [-0.4, -0.2) is 13.3 Å². The van der Waals surface area contributed by atoms with Crippen molar-refractivity contribution in [2.75, 3.05) is 0 Å². The highest BCUT2D eigenvalue weighted by Gasteiger charge is 2.39. The van der Waals surface area contributed by atoms with Gasteiger partial charge in [-0.2, -0.15) is 0 Å². The van der Waals surface area contributed by atoms with E-state index in [1.165, 1.54) is 6.07 Å². The lowest BCUT2D eigenvalue weighted by molar-refractivity contribution is 0.493. The molecule has 0 atom stereocenters. The minimum atomic E-state index is -1.95. The molecule has 0 unspecified atom stereocenters. The highest BCUT2D eigenvalue weighted by molar-refractivity contribution is 6.74. The summed E-state index contributed by atoms with van der Waals surface area (Å²) in [5, 5.41) is 0.0779. The second kappa shape index (κ2) is 5.29. The average Bonchev–Trinajstić information content (AvgIpc) is 2.78. The maximum absolute atomic E-state index is 13.8. The Balaban J connectivity index is 2.29. The molecule has 0 bridgehead atoms. The topological polar surface area (TPSA) is 25.0 Å². The van der Waals surface area contributed by atoms with Gasteiger partial charge in [-0.25, -0.2) is 8.78 Å². The van der Waals surface area contributed by atoms with Crippen LogP contribution in [0.25, 0.3) is 11.3 Å². The number of rotatable bonds is 3. The van der Waals surface area contributed by atoms with Crippen molar-refractivity contribution in [1.82, 2.24) is 4.98 Å². The first-order valence-corrected chi connectivity index (χ1v) is 9.84. The molecule has 21 heavy (non-hydrogen) atoms. The predicted octanol–water partition coefficient (Wildman–Crippen LogP) is 5.34. The Morgan fingerprint density at radius 1 is 1.10 bits per heavy atom. The third kappa shape index (κ3) is 3.35. The summed E-state index contributed by atoms with van der Waals surface area (Å²) in [4.78, 5) is 2.95. The third-order valence-corrected chi connectivity index (χ3v) is 8.41. The number of aromatic nitrogens is 1. The van der Waals surface area contributed by atoms with Gasteiger partial charge in [-0.3, -0.25) is 0 Å². The van der Waals surface area contributed by atoms with Crippen LogP contribution in [0.2, 0.25) is 18.1 Å². The van der Waals surface area contributed by atoms with Crippen molar-refractivity contribution in [3.8, 4) is 17.0 Å². The van der Waals surface area contributed by atoms with Gasteiger partial charge in [0.1, 0.15) is 17.4 Å². The molecule has 1 N–H and O–H groups in total. The van der Waals surface area contributed by atoms with E-state index in [9.17, 15) is 8.78 Å². The van der Waals surface area contributed by atoms with E-state index in [2.05, 4.69) is 38.8 Å².